The predicted molar refractivity (Wildman–Crippen MR) is 43.5 cm³/mol. The highest BCUT2D eigenvalue weighted by Gasteiger charge is 2.38. The Bertz CT molecular complexity index is 370. The lowest BCUT2D eigenvalue weighted by Crippen LogP contribution is -2.18. The van der Waals surface area contributed by atoms with Gasteiger partial charge in [0.2, 0.25) is 0 Å². The number of halogens is 3. The zero-order valence-corrected chi connectivity index (χ0v) is 7.45. The summed E-state index contributed by atoms with van der Waals surface area (Å²) in [7, 11) is 0. The van der Waals surface area contributed by atoms with Crippen LogP contribution in [0.2, 0.25) is 0 Å². The zero-order valence-electron chi connectivity index (χ0n) is 7.45. The number of aromatic nitrogens is 1. The van der Waals surface area contributed by atoms with Crippen molar-refractivity contribution in [3.8, 4) is 0 Å². The van der Waals surface area contributed by atoms with Crippen molar-refractivity contribution < 1.29 is 28.2 Å². The lowest BCUT2D eigenvalue weighted by atomic mass is 10.2. The number of aromatic carboxylic acids is 1. The average Bonchev–Trinajstić information content (AvgIpc) is 2.47. The molecule has 0 atom stereocenters. The molecule has 1 aromatic rings. The second-order valence-corrected chi connectivity index (χ2v) is 2.80. The molecule has 0 amide bonds. The van der Waals surface area contributed by atoms with Crippen molar-refractivity contribution in [2.45, 2.75) is 12.7 Å². The van der Waals surface area contributed by atoms with Crippen LogP contribution < -0.4 is 0 Å². The first-order valence-corrected chi connectivity index (χ1v) is 3.98. The van der Waals surface area contributed by atoms with Crippen LogP contribution in [0.3, 0.4) is 0 Å². The number of carboxylic acid groups (broad SMARTS) is 1. The van der Waals surface area contributed by atoms with E-state index in [4.69, 9.17) is 10.2 Å². The third-order valence-corrected chi connectivity index (χ3v) is 1.80. The van der Waals surface area contributed by atoms with Crippen LogP contribution in [-0.4, -0.2) is 27.4 Å². The summed E-state index contributed by atoms with van der Waals surface area (Å²) in [5.41, 5.74) is -2.06. The smallest absolute Gasteiger partial charge is 0.432 e. The second-order valence-electron chi connectivity index (χ2n) is 2.80. The number of aliphatic hydroxyl groups excluding tert-OH is 1. The summed E-state index contributed by atoms with van der Waals surface area (Å²) in [6, 6.07) is 0.862. The Labute approximate surface area is 82.6 Å². The van der Waals surface area contributed by atoms with Crippen molar-refractivity contribution in [3.63, 3.8) is 0 Å². The van der Waals surface area contributed by atoms with Crippen LogP contribution >= 0.6 is 0 Å². The number of rotatable bonds is 3. The lowest BCUT2D eigenvalue weighted by molar-refractivity contribution is -0.144. The molecule has 7 heteroatoms. The topological polar surface area (TPSA) is 62.5 Å². The number of alkyl halides is 3. The molecule has 0 spiro atoms. The monoisotopic (exact) mass is 223 g/mol. The summed E-state index contributed by atoms with van der Waals surface area (Å²) in [6.07, 6.45) is -3.76. The Hall–Kier alpha value is -1.50. The van der Waals surface area contributed by atoms with E-state index >= 15 is 0 Å². The number of hydrogen-bond donors (Lipinski definition) is 2. The van der Waals surface area contributed by atoms with Crippen LogP contribution in [0.25, 0.3) is 0 Å². The van der Waals surface area contributed by atoms with Crippen molar-refractivity contribution in [2.24, 2.45) is 0 Å². The fourth-order valence-electron chi connectivity index (χ4n) is 1.25. The first-order valence-electron chi connectivity index (χ1n) is 3.98. The van der Waals surface area contributed by atoms with Gasteiger partial charge in [-0.25, -0.2) is 4.79 Å². The van der Waals surface area contributed by atoms with Gasteiger partial charge in [0, 0.05) is 12.7 Å². The first-order chi connectivity index (χ1) is 6.88. The van der Waals surface area contributed by atoms with Gasteiger partial charge in [-0.15, -0.1) is 0 Å². The predicted octanol–water partition coefficient (Wildman–Crippen LogP) is 1.20. The Morgan fingerprint density at radius 1 is 1.47 bits per heavy atom. The minimum atomic E-state index is -4.74. The summed E-state index contributed by atoms with van der Waals surface area (Å²) in [5, 5.41) is 17.1. The van der Waals surface area contributed by atoms with Gasteiger partial charge in [0.1, 0.15) is 5.69 Å². The average molecular weight is 223 g/mol. The number of carboxylic acids is 1. The number of nitrogens with zero attached hydrogens (tertiary/aromatic N) is 1. The molecule has 1 heterocycles. The van der Waals surface area contributed by atoms with E-state index in [0.717, 1.165) is 12.3 Å². The molecule has 0 aliphatic rings. The van der Waals surface area contributed by atoms with Gasteiger partial charge in [0.05, 0.1) is 12.2 Å². The zero-order chi connectivity index (χ0) is 11.6. The molecule has 0 saturated heterocycles. The minimum absolute atomic E-state index is 0.290. The van der Waals surface area contributed by atoms with Gasteiger partial charge in [0.25, 0.3) is 0 Å². The van der Waals surface area contributed by atoms with Gasteiger partial charge < -0.3 is 14.8 Å². The molecule has 0 radical (unpaired) electrons. The molecular weight excluding hydrogens is 215 g/mol. The van der Waals surface area contributed by atoms with Crippen molar-refractivity contribution in [1.82, 2.24) is 4.57 Å². The molecule has 84 valence electrons. The molecule has 0 aliphatic heterocycles. The van der Waals surface area contributed by atoms with Crippen LogP contribution in [0.15, 0.2) is 12.3 Å². The second kappa shape index (κ2) is 3.93. The molecule has 1 aromatic heterocycles. The SMILES string of the molecule is O=C(O)c1ccn(CCO)c1C(F)(F)F. The van der Waals surface area contributed by atoms with Crippen LogP contribution in [0.5, 0.6) is 0 Å². The van der Waals surface area contributed by atoms with Gasteiger partial charge in [-0.3, -0.25) is 0 Å². The summed E-state index contributed by atoms with van der Waals surface area (Å²) < 4.78 is 38.1. The van der Waals surface area contributed by atoms with E-state index in [2.05, 4.69) is 0 Å². The standard InChI is InChI=1S/C8H8F3NO3/c9-8(10,11)6-5(7(14)15)1-2-12(6)3-4-13/h1-2,13H,3-4H2,(H,14,15). The molecule has 0 unspecified atom stereocenters. The number of carbonyl (C=O) groups is 1. The highest BCUT2D eigenvalue weighted by molar-refractivity contribution is 5.89. The van der Waals surface area contributed by atoms with Crippen LogP contribution in [0.1, 0.15) is 16.1 Å². The largest absolute Gasteiger partial charge is 0.478 e. The van der Waals surface area contributed by atoms with Crippen molar-refractivity contribution in [3.05, 3.63) is 23.5 Å². The van der Waals surface area contributed by atoms with E-state index in [1.54, 1.807) is 0 Å². The molecule has 0 bridgehead atoms. The van der Waals surface area contributed by atoms with E-state index in [0.29, 0.717) is 4.57 Å². The molecule has 0 aromatic carbocycles. The van der Waals surface area contributed by atoms with E-state index in [-0.39, 0.29) is 6.54 Å². The third kappa shape index (κ3) is 2.30. The van der Waals surface area contributed by atoms with E-state index in [1.165, 1.54) is 0 Å². The Balaban J connectivity index is 3.27. The van der Waals surface area contributed by atoms with Crippen molar-refractivity contribution >= 4 is 5.97 Å². The van der Waals surface area contributed by atoms with Gasteiger partial charge in [-0.05, 0) is 6.07 Å². The highest BCUT2D eigenvalue weighted by atomic mass is 19.4. The van der Waals surface area contributed by atoms with E-state index < -0.39 is 30.0 Å². The van der Waals surface area contributed by atoms with Crippen LogP contribution in [0.4, 0.5) is 13.2 Å². The van der Waals surface area contributed by atoms with Crippen molar-refractivity contribution in [2.75, 3.05) is 6.61 Å². The fraction of sp³-hybridized carbons (Fsp3) is 0.375. The van der Waals surface area contributed by atoms with Gasteiger partial charge in [-0.1, -0.05) is 0 Å². The Morgan fingerprint density at radius 3 is 2.47 bits per heavy atom. The van der Waals surface area contributed by atoms with E-state index in [1.807, 2.05) is 0 Å². The Kier molecular flexibility index (Phi) is 3.04. The molecule has 0 fully saturated rings. The van der Waals surface area contributed by atoms with E-state index in [9.17, 15) is 18.0 Å². The summed E-state index contributed by atoms with van der Waals surface area (Å²) in [4.78, 5) is 10.5. The Morgan fingerprint density at radius 2 is 2.07 bits per heavy atom. The summed E-state index contributed by atoms with van der Waals surface area (Å²) in [5.74, 6) is -1.64. The molecule has 0 saturated carbocycles. The fourth-order valence-corrected chi connectivity index (χ4v) is 1.25. The minimum Gasteiger partial charge on any atom is -0.478 e. The van der Waals surface area contributed by atoms with Gasteiger partial charge >= 0.3 is 12.1 Å². The lowest BCUT2D eigenvalue weighted by Gasteiger charge is -2.11. The molecule has 0 aliphatic carbocycles. The third-order valence-electron chi connectivity index (χ3n) is 1.80. The van der Waals surface area contributed by atoms with Crippen LogP contribution in [-0.2, 0) is 12.7 Å². The molecular formula is C8H8F3NO3. The quantitative estimate of drug-likeness (QED) is 0.809. The highest BCUT2D eigenvalue weighted by Crippen LogP contribution is 2.32. The van der Waals surface area contributed by atoms with Crippen molar-refractivity contribution in [1.29, 1.82) is 0 Å². The molecule has 4 nitrogen and oxygen atoms in total. The maximum absolute atomic E-state index is 12.5. The first kappa shape index (κ1) is 11.6. The van der Waals surface area contributed by atoms with Crippen LogP contribution in [0, 0.1) is 0 Å². The summed E-state index contributed by atoms with van der Waals surface area (Å²) >= 11 is 0. The van der Waals surface area contributed by atoms with Gasteiger partial charge in [-0.2, -0.15) is 13.2 Å². The maximum atomic E-state index is 12.5. The van der Waals surface area contributed by atoms with Gasteiger partial charge in [0.15, 0.2) is 0 Å². The number of aliphatic hydroxyl groups is 1. The molecule has 2 N–H and O–H groups in total. The maximum Gasteiger partial charge on any atom is 0.432 e. The summed E-state index contributed by atoms with van der Waals surface area (Å²) in [6.45, 7) is -0.779. The molecule has 15 heavy (non-hydrogen) atoms. The normalized spacial score (nSPS) is 11.7. The molecule has 1 rings (SSSR count). The number of hydrogen-bond acceptors (Lipinski definition) is 2.